The van der Waals surface area contributed by atoms with Crippen LogP contribution in [-0.4, -0.2) is 30.8 Å². The van der Waals surface area contributed by atoms with Gasteiger partial charge in [-0.1, -0.05) is 12.1 Å². The second-order valence-corrected chi connectivity index (χ2v) is 3.57. The normalized spacial score (nSPS) is 11.9. The topological polar surface area (TPSA) is 81.8 Å². The molecule has 0 radical (unpaired) electrons. The van der Waals surface area contributed by atoms with Crippen molar-refractivity contribution in [1.29, 1.82) is 0 Å². The number of benzene rings is 1. The Morgan fingerprint density at radius 2 is 2.06 bits per heavy atom. The lowest BCUT2D eigenvalue weighted by atomic mass is 10.2. The first-order valence-electron chi connectivity index (χ1n) is 5.33. The Balaban J connectivity index is 2.41. The van der Waals surface area contributed by atoms with Gasteiger partial charge in [-0.3, -0.25) is 4.79 Å². The summed E-state index contributed by atoms with van der Waals surface area (Å²) in [5.74, 6) is 0.243. The summed E-state index contributed by atoms with van der Waals surface area (Å²) in [7, 11) is 1.59. The van der Waals surface area contributed by atoms with E-state index in [4.69, 9.17) is 20.3 Å². The molecule has 17 heavy (non-hydrogen) atoms. The number of aliphatic hydroxyl groups is 1. The van der Waals surface area contributed by atoms with Crippen molar-refractivity contribution in [1.82, 2.24) is 0 Å². The van der Waals surface area contributed by atoms with Gasteiger partial charge >= 0.3 is 5.97 Å². The molecule has 5 heteroatoms. The molecule has 1 rings (SSSR count). The second-order valence-electron chi connectivity index (χ2n) is 3.57. The van der Waals surface area contributed by atoms with Crippen LogP contribution in [0.15, 0.2) is 24.3 Å². The average Bonchev–Trinajstić information content (AvgIpc) is 2.36. The van der Waals surface area contributed by atoms with Gasteiger partial charge in [0, 0.05) is 6.61 Å². The Labute approximate surface area is 100 Å². The maximum absolute atomic E-state index is 11.3. The van der Waals surface area contributed by atoms with Crippen molar-refractivity contribution in [2.24, 2.45) is 5.73 Å². The number of methoxy groups -OCH3 is 1. The summed E-state index contributed by atoms with van der Waals surface area (Å²) >= 11 is 0. The standard InChI is InChI=1S/C12H17NO4/c1-16-10-4-2-9(3-5-10)8-17-12(15)11(13)6-7-14/h2-5,11,14H,6-8,13H2,1H3/t11-/m1/s1. The number of esters is 1. The SMILES string of the molecule is COc1ccc(COC(=O)[C@H](N)CCO)cc1. The van der Waals surface area contributed by atoms with E-state index in [2.05, 4.69) is 0 Å². The lowest BCUT2D eigenvalue weighted by Crippen LogP contribution is -2.33. The van der Waals surface area contributed by atoms with E-state index in [-0.39, 0.29) is 19.6 Å². The Bertz CT molecular complexity index is 350. The number of nitrogens with two attached hydrogens (primary N) is 1. The minimum Gasteiger partial charge on any atom is -0.497 e. The molecule has 0 saturated heterocycles. The van der Waals surface area contributed by atoms with Crippen molar-refractivity contribution in [2.45, 2.75) is 19.1 Å². The average molecular weight is 239 g/mol. The van der Waals surface area contributed by atoms with Crippen LogP contribution in [0.4, 0.5) is 0 Å². The Morgan fingerprint density at radius 1 is 1.41 bits per heavy atom. The lowest BCUT2D eigenvalue weighted by molar-refractivity contribution is -0.146. The molecule has 0 aliphatic carbocycles. The van der Waals surface area contributed by atoms with Crippen molar-refractivity contribution in [3.8, 4) is 5.75 Å². The maximum atomic E-state index is 11.3. The molecule has 0 fully saturated rings. The molecule has 0 aliphatic rings. The van der Waals surface area contributed by atoms with Gasteiger partial charge in [-0.05, 0) is 24.1 Å². The monoisotopic (exact) mass is 239 g/mol. The highest BCUT2D eigenvalue weighted by molar-refractivity contribution is 5.75. The van der Waals surface area contributed by atoms with E-state index >= 15 is 0 Å². The van der Waals surface area contributed by atoms with Crippen molar-refractivity contribution >= 4 is 5.97 Å². The van der Waals surface area contributed by atoms with E-state index in [1.807, 2.05) is 12.1 Å². The summed E-state index contributed by atoms with van der Waals surface area (Å²) in [5, 5.41) is 8.63. The van der Waals surface area contributed by atoms with Gasteiger partial charge in [0.25, 0.3) is 0 Å². The van der Waals surface area contributed by atoms with E-state index in [9.17, 15) is 4.79 Å². The molecular formula is C12H17NO4. The van der Waals surface area contributed by atoms with Crippen molar-refractivity contribution in [3.63, 3.8) is 0 Å². The van der Waals surface area contributed by atoms with Crippen LogP contribution in [0.5, 0.6) is 5.75 Å². The van der Waals surface area contributed by atoms with E-state index in [0.717, 1.165) is 11.3 Å². The number of hydrogen-bond acceptors (Lipinski definition) is 5. The summed E-state index contributed by atoms with van der Waals surface area (Å²) in [6, 6.07) is 6.43. The van der Waals surface area contributed by atoms with E-state index < -0.39 is 12.0 Å². The summed E-state index contributed by atoms with van der Waals surface area (Å²) < 4.78 is 10.0. The number of ether oxygens (including phenoxy) is 2. The first kappa shape index (κ1) is 13.5. The Morgan fingerprint density at radius 3 is 2.59 bits per heavy atom. The first-order valence-corrected chi connectivity index (χ1v) is 5.33. The van der Waals surface area contributed by atoms with Crippen LogP contribution in [0.3, 0.4) is 0 Å². The predicted molar refractivity (Wildman–Crippen MR) is 62.5 cm³/mol. The smallest absolute Gasteiger partial charge is 0.323 e. The highest BCUT2D eigenvalue weighted by Gasteiger charge is 2.13. The summed E-state index contributed by atoms with van der Waals surface area (Å²) in [4.78, 5) is 11.3. The van der Waals surface area contributed by atoms with Crippen LogP contribution >= 0.6 is 0 Å². The fraction of sp³-hybridized carbons (Fsp3) is 0.417. The molecule has 0 bridgehead atoms. The van der Waals surface area contributed by atoms with Gasteiger partial charge in [-0.25, -0.2) is 0 Å². The van der Waals surface area contributed by atoms with E-state index in [1.165, 1.54) is 0 Å². The van der Waals surface area contributed by atoms with Crippen LogP contribution in [0.2, 0.25) is 0 Å². The second kappa shape index (κ2) is 6.88. The molecule has 3 N–H and O–H groups in total. The lowest BCUT2D eigenvalue weighted by Gasteiger charge is -2.10. The molecular weight excluding hydrogens is 222 g/mol. The third kappa shape index (κ3) is 4.42. The molecule has 0 amide bonds. The quantitative estimate of drug-likeness (QED) is 0.704. The van der Waals surface area contributed by atoms with Gasteiger partial charge in [0.2, 0.25) is 0 Å². The Kier molecular flexibility index (Phi) is 5.45. The molecule has 0 heterocycles. The zero-order valence-electron chi connectivity index (χ0n) is 9.76. The third-order valence-electron chi connectivity index (χ3n) is 2.28. The van der Waals surface area contributed by atoms with Crippen LogP contribution < -0.4 is 10.5 Å². The van der Waals surface area contributed by atoms with Gasteiger partial charge in [0.15, 0.2) is 0 Å². The number of hydrogen-bond donors (Lipinski definition) is 2. The van der Waals surface area contributed by atoms with Crippen LogP contribution in [-0.2, 0) is 16.1 Å². The zero-order valence-corrected chi connectivity index (χ0v) is 9.76. The molecule has 1 aromatic rings. The van der Waals surface area contributed by atoms with E-state index in [0.29, 0.717) is 0 Å². The minimum atomic E-state index is -0.766. The number of carbonyl (C=O) groups excluding carboxylic acids is 1. The number of carbonyl (C=O) groups is 1. The summed E-state index contributed by atoms with van der Waals surface area (Å²) in [6.07, 6.45) is 0.210. The highest BCUT2D eigenvalue weighted by Crippen LogP contribution is 2.12. The van der Waals surface area contributed by atoms with Gasteiger partial charge in [0.1, 0.15) is 18.4 Å². The molecule has 0 aromatic heterocycles. The molecule has 0 saturated carbocycles. The molecule has 94 valence electrons. The molecule has 0 spiro atoms. The van der Waals surface area contributed by atoms with Crippen LogP contribution in [0.1, 0.15) is 12.0 Å². The Hall–Kier alpha value is -1.59. The summed E-state index contributed by atoms with van der Waals surface area (Å²) in [5.41, 5.74) is 6.34. The fourth-order valence-corrected chi connectivity index (χ4v) is 1.24. The van der Waals surface area contributed by atoms with Gasteiger partial charge in [-0.2, -0.15) is 0 Å². The van der Waals surface area contributed by atoms with Crippen LogP contribution in [0.25, 0.3) is 0 Å². The maximum Gasteiger partial charge on any atom is 0.323 e. The van der Waals surface area contributed by atoms with E-state index in [1.54, 1.807) is 19.2 Å². The van der Waals surface area contributed by atoms with Crippen molar-refractivity contribution in [2.75, 3.05) is 13.7 Å². The fourth-order valence-electron chi connectivity index (χ4n) is 1.24. The highest BCUT2D eigenvalue weighted by atomic mass is 16.5. The van der Waals surface area contributed by atoms with Crippen LogP contribution in [0, 0.1) is 0 Å². The molecule has 1 atom stereocenters. The van der Waals surface area contributed by atoms with Gasteiger partial charge < -0.3 is 20.3 Å². The predicted octanol–water partition coefficient (Wildman–Crippen LogP) is 0.448. The molecule has 1 aromatic carbocycles. The van der Waals surface area contributed by atoms with Gasteiger partial charge in [0.05, 0.1) is 7.11 Å². The first-order chi connectivity index (χ1) is 8.17. The molecule has 0 aliphatic heterocycles. The molecule has 5 nitrogen and oxygen atoms in total. The minimum absolute atomic E-state index is 0.126. The van der Waals surface area contributed by atoms with Crippen molar-refractivity contribution in [3.05, 3.63) is 29.8 Å². The van der Waals surface area contributed by atoms with Crippen molar-refractivity contribution < 1.29 is 19.4 Å². The third-order valence-corrected chi connectivity index (χ3v) is 2.28. The van der Waals surface area contributed by atoms with Gasteiger partial charge in [-0.15, -0.1) is 0 Å². The molecule has 0 unspecified atom stereocenters. The largest absolute Gasteiger partial charge is 0.497 e. The summed E-state index contributed by atoms with van der Waals surface area (Å²) in [6.45, 7) is 0.0424. The zero-order chi connectivity index (χ0) is 12.7. The number of aliphatic hydroxyl groups excluding tert-OH is 1. The number of rotatable bonds is 6.